The second kappa shape index (κ2) is 4.88. The van der Waals surface area contributed by atoms with E-state index < -0.39 is 0 Å². The maximum Gasteiger partial charge on any atom is 0.163 e. The molecule has 1 N–H and O–H groups in total. The summed E-state index contributed by atoms with van der Waals surface area (Å²) in [7, 11) is 0. The number of benzene rings is 1. The molecule has 1 aromatic rings. The third kappa shape index (κ3) is 2.24. The summed E-state index contributed by atoms with van der Waals surface area (Å²) < 4.78 is 11.1. The average Bonchev–Trinajstić information content (AvgIpc) is 3.09. The van der Waals surface area contributed by atoms with Gasteiger partial charge in [-0.1, -0.05) is 24.6 Å². The molecular weight excluding hydrogens is 272 g/mol. The summed E-state index contributed by atoms with van der Waals surface area (Å²) in [6.45, 7) is 1.25. The van der Waals surface area contributed by atoms with Crippen LogP contribution < -0.4 is 14.8 Å². The molecule has 0 saturated heterocycles. The Kier molecular flexibility index (Phi) is 3.02. The van der Waals surface area contributed by atoms with Crippen LogP contribution in [0.1, 0.15) is 25.7 Å². The van der Waals surface area contributed by atoms with Crippen LogP contribution in [-0.2, 0) is 0 Å². The van der Waals surface area contributed by atoms with Crippen molar-refractivity contribution in [3.05, 3.63) is 18.2 Å². The molecular formula is C15H18N2O2S. The molecule has 5 heteroatoms. The van der Waals surface area contributed by atoms with Gasteiger partial charge >= 0.3 is 0 Å². The van der Waals surface area contributed by atoms with Gasteiger partial charge in [0.05, 0.1) is 5.54 Å². The van der Waals surface area contributed by atoms with Crippen LogP contribution in [0.3, 0.4) is 0 Å². The molecule has 0 amide bonds. The van der Waals surface area contributed by atoms with Crippen molar-refractivity contribution in [2.24, 2.45) is 4.99 Å². The van der Waals surface area contributed by atoms with Gasteiger partial charge in [-0.25, -0.2) is 0 Å². The fourth-order valence-corrected chi connectivity index (χ4v) is 4.29. The Labute approximate surface area is 122 Å². The van der Waals surface area contributed by atoms with E-state index in [-0.39, 0.29) is 5.54 Å². The van der Waals surface area contributed by atoms with Gasteiger partial charge in [0.15, 0.2) is 16.7 Å². The highest BCUT2D eigenvalue weighted by atomic mass is 32.2. The fourth-order valence-electron chi connectivity index (χ4n) is 3.08. The first-order valence-electron chi connectivity index (χ1n) is 7.22. The molecule has 0 aromatic heterocycles. The van der Waals surface area contributed by atoms with Crippen LogP contribution in [0.15, 0.2) is 23.2 Å². The Bertz CT molecular complexity index is 553. The second-order valence-electron chi connectivity index (χ2n) is 5.62. The first kappa shape index (κ1) is 12.4. The van der Waals surface area contributed by atoms with Gasteiger partial charge in [0.1, 0.15) is 13.2 Å². The molecule has 2 aliphatic heterocycles. The number of hydrogen-bond acceptors (Lipinski definition) is 5. The predicted octanol–water partition coefficient (Wildman–Crippen LogP) is 3.29. The van der Waals surface area contributed by atoms with Crippen molar-refractivity contribution in [3.63, 3.8) is 0 Å². The van der Waals surface area contributed by atoms with Gasteiger partial charge < -0.3 is 14.8 Å². The predicted molar refractivity (Wildman–Crippen MR) is 82.1 cm³/mol. The van der Waals surface area contributed by atoms with E-state index in [1.54, 1.807) is 0 Å². The minimum Gasteiger partial charge on any atom is -0.486 e. The third-order valence-electron chi connectivity index (χ3n) is 4.14. The van der Waals surface area contributed by atoms with Gasteiger partial charge in [-0.3, -0.25) is 4.99 Å². The number of ether oxygens (including phenoxy) is 2. The Hall–Kier alpha value is -1.36. The number of amidine groups is 1. The number of nitrogens with one attached hydrogen (secondary N) is 1. The number of thioether (sulfide) groups is 1. The van der Waals surface area contributed by atoms with E-state index in [0.29, 0.717) is 13.2 Å². The monoisotopic (exact) mass is 290 g/mol. The summed E-state index contributed by atoms with van der Waals surface area (Å²) in [5, 5.41) is 4.46. The molecule has 4 nitrogen and oxygen atoms in total. The first-order chi connectivity index (χ1) is 9.83. The number of aliphatic imine (C=N–C) groups is 1. The molecule has 2 heterocycles. The summed E-state index contributed by atoms with van der Waals surface area (Å²) in [6, 6.07) is 5.98. The SMILES string of the molecule is c1cc2c(cc1NC1=NC3(CCCC3)CS1)OCCO2. The standard InChI is InChI=1S/C15H18N2O2S/c1-2-6-15(5-1)10-20-14(17-15)16-11-3-4-12-13(9-11)19-8-7-18-12/h3-4,9H,1-2,5-8,10H2,(H,16,17). The summed E-state index contributed by atoms with van der Waals surface area (Å²) >= 11 is 1.84. The lowest BCUT2D eigenvalue weighted by Crippen LogP contribution is -2.21. The molecule has 1 fully saturated rings. The van der Waals surface area contributed by atoms with Crippen molar-refractivity contribution in [2.75, 3.05) is 24.3 Å². The van der Waals surface area contributed by atoms with E-state index in [4.69, 9.17) is 14.5 Å². The van der Waals surface area contributed by atoms with Crippen molar-refractivity contribution in [2.45, 2.75) is 31.2 Å². The van der Waals surface area contributed by atoms with Crippen molar-refractivity contribution in [1.29, 1.82) is 0 Å². The molecule has 1 spiro atoms. The van der Waals surface area contributed by atoms with E-state index in [9.17, 15) is 0 Å². The summed E-state index contributed by atoms with van der Waals surface area (Å²) in [6.07, 6.45) is 5.13. The molecule has 0 radical (unpaired) electrons. The molecule has 4 rings (SSSR count). The first-order valence-corrected chi connectivity index (χ1v) is 8.21. The fraction of sp³-hybridized carbons (Fsp3) is 0.533. The zero-order chi connectivity index (χ0) is 13.4. The number of fused-ring (bicyclic) bond motifs is 1. The molecule has 0 bridgehead atoms. The lowest BCUT2D eigenvalue weighted by atomic mass is 10.0. The molecule has 1 aromatic carbocycles. The van der Waals surface area contributed by atoms with Crippen LogP contribution in [0.25, 0.3) is 0 Å². The van der Waals surface area contributed by atoms with E-state index in [2.05, 4.69) is 5.32 Å². The Morgan fingerprint density at radius 3 is 2.75 bits per heavy atom. The lowest BCUT2D eigenvalue weighted by Gasteiger charge is -2.19. The van der Waals surface area contributed by atoms with Crippen molar-refractivity contribution < 1.29 is 9.47 Å². The van der Waals surface area contributed by atoms with Crippen LogP contribution in [0, 0.1) is 0 Å². The van der Waals surface area contributed by atoms with Crippen LogP contribution in [0.4, 0.5) is 5.69 Å². The van der Waals surface area contributed by atoms with E-state index in [0.717, 1.165) is 28.1 Å². The summed E-state index contributed by atoms with van der Waals surface area (Å²) in [4.78, 5) is 4.92. The van der Waals surface area contributed by atoms with Gasteiger partial charge in [0.2, 0.25) is 0 Å². The van der Waals surface area contributed by atoms with Gasteiger partial charge in [-0.15, -0.1) is 0 Å². The zero-order valence-electron chi connectivity index (χ0n) is 11.4. The van der Waals surface area contributed by atoms with Gasteiger partial charge in [0.25, 0.3) is 0 Å². The smallest absolute Gasteiger partial charge is 0.163 e. The number of anilines is 1. The van der Waals surface area contributed by atoms with Crippen LogP contribution >= 0.6 is 11.8 Å². The Morgan fingerprint density at radius 1 is 1.10 bits per heavy atom. The topological polar surface area (TPSA) is 42.9 Å². The molecule has 1 saturated carbocycles. The molecule has 106 valence electrons. The summed E-state index contributed by atoms with van der Waals surface area (Å²) in [5.74, 6) is 2.77. The Morgan fingerprint density at radius 2 is 1.90 bits per heavy atom. The van der Waals surface area contributed by atoms with Crippen molar-refractivity contribution >= 4 is 22.6 Å². The van der Waals surface area contributed by atoms with Crippen LogP contribution in [-0.4, -0.2) is 29.7 Å². The van der Waals surface area contributed by atoms with E-state index in [1.165, 1.54) is 25.7 Å². The lowest BCUT2D eigenvalue weighted by molar-refractivity contribution is 0.171. The largest absolute Gasteiger partial charge is 0.486 e. The van der Waals surface area contributed by atoms with Crippen molar-refractivity contribution in [1.82, 2.24) is 0 Å². The zero-order valence-corrected chi connectivity index (χ0v) is 12.2. The second-order valence-corrected chi connectivity index (χ2v) is 6.58. The van der Waals surface area contributed by atoms with Gasteiger partial charge in [0, 0.05) is 17.5 Å². The average molecular weight is 290 g/mol. The molecule has 3 aliphatic rings. The highest BCUT2D eigenvalue weighted by Crippen LogP contribution is 2.41. The maximum absolute atomic E-state index is 5.61. The minimum atomic E-state index is 0.223. The normalized spacial score (nSPS) is 22.9. The number of hydrogen-bond donors (Lipinski definition) is 1. The molecule has 0 atom stereocenters. The Balaban J connectivity index is 1.52. The van der Waals surface area contributed by atoms with Crippen LogP contribution in [0.2, 0.25) is 0 Å². The van der Waals surface area contributed by atoms with Gasteiger partial charge in [-0.2, -0.15) is 0 Å². The van der Waals surface area contributed by atoms with E-state index >= 15 is 0 Å². The van der Waals surface area contributed by atoms with Gasteiger partial charge in [-0.05, 0) is 25.0 Å². The minimum absolute atomic E-state index is 0.223. The molecule has 1 aliphatic carbocycles. The van der Waals surface area contributed by atoms with E-state index in [1.807, 2.05) is 30.0 Å². The molecule has 20 heavy (non-hydrogen) atoms. The highest BCUT2D eigenvalue weighted by molar-refractivity contribution is 8.14. The van der Waals surface area contributed by atoms with Crippen molar-refractivity contribution in [3.8, 4) is 11.5 Å². The molecule has 0 unspecified atom stereocenters. The quantitative estimate of drug-likeness (QED) is 0.862. The number of nitrogens with zero attached hydrogens (tertiary/aromatic N) is 1. The number of rotatable bonds is 1. The third-order valence-corrected chi connectivity index (χ3v) is 5.29. The maximum atomic E-state index is 5.61. The highest BCUT2D eigenvalue weighted by Gasteiger charge is 2.38. The van der Waals surface area contributed by atoms with Crippen LogP contribution in [0.5, 0.6) is 11.5 Å². The summed E-state index contributed by atoms with van der Waals surface area (Å²) in [5.41, 5.74) is 1.25.